The predicted molar refractivity (Wildman–Crippen MR) is 103 cm³/mol. The summed E-state index contributed by atoms with van der Waals surface area (Å²) in [6.45, 7) is 1.25. The molecule has 0 aliphatic heterocycles. The van der Waals surface area contributed by atoms with E-state index in [1.54, 1.807) is 24.3 Å². The number of amides is 1. The van der Waals surface area contributed by atoms with Gasteiger partial charge in [-0.05, 0) is 38.4 Å². The van der Waals surface area contributed by atoms with Crippen molar-refractivity contribution in [2.45, 2.75) is 4.90 Å². The highest BCUT2D eigenvalue weighted by Crippen LogP contribution is 2.26. The largest absolute Gasteiger partial charge is 0.495 e. The molecule has 2 rings (SSSR count). The summed E-state index contributed by atoms with van der Waals surface area (Å²) >= 11 is 5.97. The SMILES string of the molecule is COc1ccc(Cl)cc1S(=O)Nc1cncc(C(=O)NCCN(C)C)c1. The van der Waals surface area contributed by atoms with Crippen molar-refractivity contribution in [1.29, 1.82) is 0 Å². The first-order valence-corrected chi connectivity index (χ1v) is 9.33. The van der Waals surface area contributed by atoms with Crippen molar-refractivity contribution in [2.24, 2.45) is 0 Å². The number of rotatable bonds is 8. The molecule has 0 saturated heterocycles. The summed E-state index contributed by atoms with van der Waals surface area (Å²) in [5.74, 6) is 0.208. The van der Waals surface area contributed by atoms with Crippen LogP contribution in [0.3, 0.4) is 0 Å². The molecule has 1 aromatic carbocycles. The Hall–Kier alpha value is -2.16. The van der Waals surface area contributed by atoms with Crippen molar-refractivity contribution in [3.8, 4) is 5.75 Å². The molecule has 1 amide bonds. The molecule has 1 atom stereocenters. The van der Waals surface area contributed by atoms with E-state index in [2.05, 4.69) is 15.0 Å². The first kappa shape index (κ1) is 20.2. The van der Waals surface area contributed by atoms with Crippen LogP contribution in [0.1, 0.15) is 10.4 Å². The summed E-state index contributed by atoms with van der Waals surface area (Å²) in [6.07, 6.45) is 2.95. The van der Waals surface area contributed by atoms with Crippen molar-refractivity contribution in [1.82, 2.24) is 15.2 Å². The number of carbonyl (C=O) groups is 1. The van der Waals surface area contributed by atoms with E-state index in [0.29, 0.717) is 33.5 Å². The second-order valence-electron chi connectivity index (χ2n) is 5.69. The van der Waals surface area contributed by atoms with Crippen LogP contribution < -0.4 is 14.8 Å². The molecule has 0 radical (unpaired) electrons. The van der Waals surface area contributed by atoms with Gasteiger partial charge in [0.15, 0.2) is 11.0 Å². The van der Waals surface area contributed by atoms with Gasteiger partial charge in [-0.25, -0.2) is 4.21 Å². The minimum Gasteiger partial charge on any atom is -0.495 e. The van der Waals surface area contributed by atoms with Gasteiger partial charge >= 0.3 is 0 Å². The molecule has 1 aromatic heterocycles. The topological polar surface area (TPSA) is 83.6 Å². The van der Waals surface area contributed by atoms with Crippen LogP contribution in [0.15, 0.2) is 41.6 Å². The number of methoxy groups -OCH3 is 1. The minimum atomic E-state index is -1.63. The molecule has 2 aromatic rings. The molecule has 2 N–H and O–H groups in total. The zero-order valence-corrected chi connectivity index (χ0v) is 16.4. The number of aromatic nitrogens is 1. The van der Waals surface area contributed by atoms with Crippen LogP contribution in [-0.4, -0.2) is 54.3 Å². The molecule has 1 heterocycles. The van der Waals surface area contributed by atoms with Gasteiger partial charge in [-0.15, -0.1) is 0 Å². The molecule has 0 bridgehead atoms. The Balaban J connectivity index is 2.10. The fourth-order valence-electron chi connectivity index (χ4n) is 2.07. The van der Waals surface area contributed by atoms with Crippen molar-refractivity contribution in [2.75, 3.05) is 39.0 Å². The lowest BCUT2D eigenvalue weighted by atomic mass is 10.2. The van der Waals surface area contributed by atoms with E-state index in [9.17, 15) is 9.00 Å². The highest BCUT2D eigenvalue weighted by atomic mass is 35.5. The zero-order valence-electron chi connectivity index (χ0n) is 14.8. The summed E-state index contributed by atoms with van der Waals surface area (Å²) in [6, 6.07) is 6.45. The van der Waals surface area contributed by atoms with Gasteiger partial charge in [-0.2, -0.15) is 0 Å². The quantitative estimate of drug-likeness (QED) is 0.714. The Morgan fingerprint density at radius 1 is 1.31 bits per heavy atom. The third-order valence-electron chi connectivity index (χ3n) is 3.38. The first-order chi connectivity index (χ1) is 12.4. The number of likely N-dealkylation sites (N-methyl/N-ethyl adjacent to an activating group) is 1. The van der Waals surface area contributed by atoms with Crippen LogP contribution in [0.5, 0.6) is 5.75 Å². The maximum absolute atomic E-state index is 12.6. The molecule has 9 heteroatoms. The molecule has 26 heavy (non-hydrogen) atoms. The number of hydrogen-bond acceptors (Lipinski definition) is 5. The maximum Gasteiger partial charge on any atom is 0.252 e. The number of hydrogen-bond donors (Lipinski definition) is 2. The van der Waals surface area contributed by atoms with E-state index in [4.69, 9.17) is 16.3 Å². The van der Waals surface area contributed by atoms with Gasteiger partial charge in [0.05, 0.1) is 24.6 Å². The van der Waals surface area contributed by atoms with E-state index in [1.807, 2.05) is 19.0 Å². The zero-order chi connectivity index (χ0) is 19.1. The molecule has 0 saturated carbocycles. The second kappa shape index (κ2) is 9.51. The number of anilines is 1. The number of carbonyl (C=O) groups excluding carboxylic acids is 1. The molecule has 0 fully saturated rings. The van der Waals surface area contributed by atoms with Gasteiger partial charge in [0.2, 0.25) is 0 Å². The van der Waals surface area contributed by atoms with Gasteiger partial charge in [0.25, 0.3) is 5.91 Å². The first-order valence-electron chi connectivity index (χ1n) is 7.80. The Labute approximate surface area is 160 Å². The predicted octanol–water partition coefficient (Wildman–Crippen LogP) is 2.17. The molecule has 0 aliphatic rings. The lowest BCUT2D eigenvalue weighted by Gasteiger charge is -2.12. The Kier molecular flexibility index (Phi) is 7.38. The third kappa shape index (κ3) is 5.69. The summed E-state index contributed by atoms with van der Waals surface area (Å²) in [5, 5.41) is 3.25. The van der Waals surface area contributed by atoms with Gasteiger partial charge in [-0.1, -0.05) is 11.6 Å². The number of nitrogens with zero attached hydrogens (tertiary/aromatic N) is 2. The smallest absolute Gasteiger partial charge is 0.252 e. The fourth-order valence-corrected chi connectivity index (χ4v) is 3.31. The van der Waals surface area contributed by atoms with Gasteiger partial charge < -0.3 is 15.0 Å². The summed E-state index contributed by atoms with van der Waals surface area (Å²) in [5.41, 5.74) is 0.828. The number of ether oxygens (including phenoxy) is 1. The van der Waals surface area contributed by atoms with Crippen molar-refractivity contribution < 1.29 is 13.7 Å². The van der Waals surface area contributed by atoms with Crippen LogP contribution in [0.25, 0.3) is 0 Å². The molecular formula is C17H21ClN4O3S. The Morgan fingerprint density at radius 3 is 2.77 bits per heavy atom. The van der Waals surface area contributed by atoms with Crippen LogP contribution in [-0.2, 0) is 11.0 Å². The molecule has 0 aliphatic carbocycles. The van der Waals surface area contributed by atoms with E-state index >= 15 is 0 Å². The molecule has 0 spiro atoms. The van der Waals surface area contributed by atoms with E-state index < -0.39 is 11.0 Å². The number of halogens is 1. The summed E-state index contributed by atoms with van der Waals surface area (Å²) < 4.78 is 20.6. The minimum absolute atomic E-state index is 0.242. The lowest BCUT2D eigenvalue weighted by Crippen LogP contribution is -2.31. The van der Waals surface area contributed by atoms with Crippen LogP contribution in [0.4, 0.5) is 5.69 Å². The normalized spacial score (nSPS) is 11.9. The number of pyridine rings is 1. The van der Waals surface area contributed by atoms with Crippen LogP contribution in [0, 0.1) is 0 Å². The average Bonchev–Trinajstić information content (AvgIpc) is 2.61. The average molecular weight is 397 g/mol. The number of nitrogens with one attached hydrogen (secondary N) is 2. The molecule has 1 unspecified atom stereocenters. The highest BCUT2D eigenvalue weighted by Gasteiger charge is 2.13. The van der Waals surface area contributed by atoms with E-state index in [0.717, 1.165) is 6.54 Å². The Morgan fingerprint density at radius 2 is 2.08 bits per heavy atom. The maximum atomic E-state index is 12.6. The van der Waals surface area contributed by atoms with Gasteiger partial charge in [-0.3, -0.25) is 14.5 Å². The molecule has 7 nitrogen and oxygen atoms in total. The third-order valence-corrected chi connectivity index (χ3v) is 4.76. The van der Waals surface area contributed by atoms with Gasteiger partial charge in [0, 0.05) is 24.3 Å². The molecule has 140 valence electrons. The second-order valence-corrected chi connectivity index (χ2v) is 7.31. The van der Waals surface area contributed by atoms with Crippen molar-refractivity contribution in [3.63, 3.8) is 0 Å². The Bertz CT molecular complexity index is 801. The van der Waals surface area contributed by atoms with Crippen LogP contribution in [0.2, 0.25) is 5.02 Å². The lowest BCUT2D eigenvalue weighted by molar-refractivity contribution is 0.0950. The highest BCUT2D eigenvalue weighted by molar-refractivity contribution is 7.86. The summed E-state index contributed by atoms with van der Waals surface area (Å²) in [4.78, 5) is 18.6. The van der Waals surface area contributed by atoms with Gasteiger partial charge in [0.1, 0.15) is 10.6 Å². The standard InChI is InChI=1S/C17H21ClN4O3S/c1-22(2)7-6-20-17(23)12-8-14(11-19-10-12)21-26(24)16-9-13(18)4-5-15(16)25-3/h4-5,8-11,21H,6-7H2,1-3H3,(H,20,23). The van der Waals surface area contributed by atoms with Crippen molar-refractivity contribution in [3.05, 3.63) is 47.2 Å². The fraction of sp³-hybridized carbons (Fsp3) is 0.294. The monoisotopic (exact) mass is 396 g/mol. The van der Waals surface area contributed by atoms with Crippen molar-refractivity contribution >= 4 is 34.2 Å². The summed E-state index contributed by atoms with van der Waals surface area (Å²) in [7, 11) is 3.72. The van der Waals surface area contributed by atoms with E-state index in [-0.39, 0.29) is 5.91 Å². The van der Waals surface area contributed by atoms with Crippen LogP contribution >= 0.6 is 11.6 Å². The number of benzene rings is 1. The molecular weight excluding hydrogens is 376 g/mol. The van der Waals surface area contributed by atoms with E-state index in [1.165, 1.54) is 19.5 Å².